The molecular weight excluding hydrogens is 298 g/mol. The van der Waals surface area contributed by atoms with Crippen molar-refractivity contribution in [3.8, 4) is 0 Å². The van der Waals surface area contributed by atoms with Gasteiger partial charge in [0.2, 0.25) is 0 Å². The summed E-state index contributed by atoms with van der Waals surface area (Å²) >= 11 is 3.63. The number of hydrogen-bond acceptors (Lipinski definition) is 1. The van der Waals surface area contributed by atoms with Crippen LogP contribution in [-0.4, -0.2) is 0 Å². The van der Waals surface area contributed by atoms with Gasteiger partial charge in [0.1, 0.15) is 0 Å². The Hall–Kier alpha value is -1.12. The molecule has 2 aromatic carbocycles. The van der Waals surface area contributed by atoms with Gasteiger partial charge >= 0.3 is 0 Å². The van der Waals surface area contributed by atoms with Gasteiger partial charge in [0.15, 0.2) is 0 Å². The first-order valence-corrected chi connectivity index (χ1v) is 7.29. The zero-order chi connectivity index (χ0) is 14.2. The quantitative estimate of drug-likeness (QED) is 0.851. The number of rotatable bonds is 2. The summed E-state index contributed by atoms with van der Waals surface area (Å²) in [6, 6.07) is 10.7. The van der Waals surface area contributed by atoms with E-state index in [1.165, 1.54) is 27.8 Å². The first kappa shape index (κ1) is 14.3. The van der Waals surface area contributed by atoms with Crippen molar-refractivity contribution >= 4 is 15.9 Å². The van der Waals surface area contributed by atoms with Crippen molar-refractivity contribution < 1.29 is 0 Å². The summed E-state index contributed by atoms with van der Waals surface area (Å²) in [6.07, 6.45) is 0. The van der Waals surface area contributed by atoms with Gasteiger partial charge < -0.3 is 5.73 Å². The fourth-order valence-corrected chi connectivity index (χ4v) is 3.46. The van der Waals surface area contributed by atoms with Crippen LogP contribution >= 0.6 is 15.9 Å². The van der Waals surface area contributed by atoms with E-state index in [-0.39, 0.29) is 6.04 Å². The van der Waals surface area contributed by atoms with E-state index in [1.807, 2.05) is 0 Å². The maximum absolute atomic E-state index is 6.49. The molecule has 0 amide bonds. The molecule has 1 nitrogen and oxygen atoms in total. The SMILES string of the molecule is Cc1cc(C)c(C(N)c2ccc(C)cc2Br)c(C)c1. The molecule has 0 bridgehead atoms. The third kappa shape index (κ3) is 2.90. The zero-order valence-corrected chi connectivity index (χ0v) is 13.5. The smallest absolute Gasteiger partial charge is 0.0568 e. The van der Waals surface area contributed by atoms with E-state index in [9.17, 15) is 0 Å². The summed E-state index contributed by atoms with van der Waals surface area (Å²) in [7, 11) is 0. The van der Waals surface area contributed by atoms with Crippen molar-refractivity contribution in [3.63, 3.8) is 0 Å². The Kier molecular flexibility index (Phi) is 4.12. The van der Waals surface area contributed by atoms with Crippen molar-refractivity contribution in [3.05, 3.63) is 68.2 Å². The molecule has 0 heterocycles. The molecule has 100 valence electrons. The van der Waals surface area contributed by atoms with Crippen LogP contribution in [0.1, 0.15) is 39.4 Å². The summed E-state index contributed by atoms with van der Waals surface area (Å²) in [5.41, 5.74) is 13.9. The lowest BCUT2D eigenvalue weighted by atomic mass is 9.90. The van der Waals surface area contributed by atoms with Crippen LogP contribution in [0.2, 0.25) is 0 Å². The molecular formula is C17H20BrN. The molecule has 2 N–H and O–H groups in total. The van der Waals surface area contributed by atoms with Gasteiger partial charge in [0.05, 0.1) is 6.04 Å². The fourth-order valence-electron chi connectivity index (χ4n) is 2.72. The summed E-state index contributed by atoms with van der Waals surface area (Å²) < 4.78 is 1.08. The molecule has 0 aliphatic rings. The van der Waals surface area contributed by atoms with Crippen LogP contribution in [0, 0.1) is 27.7 Å². The fraction of sp³-hybridized carbons (Fsp3) is 0.294. The van der Waals surface area contributed by atoms with Gasteiger partial charge in [0, 0.05) is 4.47 Å². The molecule has 19 heavy (non-hydrogen) atoms. The molecule has 0 radical (unpaired) electrons. The molecule has 0 spiro atoms. The first-order valence-electron chi connectivity index (χ1n) is 6.49. The highest BCUT2D eigenvalue weighted by atomic mass is 79.9. The predicted octanol–water partition coefficient (Wildman–Crippen LogP) is 4.73. The normalized spacial score (nSPS) is 12.5. The van der Waals surface area contributed by atoms with Crippen LogP contribution in [0.5, 0.6) is 0 Å². The highest BCUT2D eigenvalue weighted by Gasteiger charge is 2.16. The van der Waals surface area contributed by atoms with E-state index in [1.54, 1.807) is 0 Å². The minimum Gasteiger partial charge on any atom is -0.320 e. The lowest BCUT2D eigenvalue weighted by molar-refractivity contribution is 0.844. The van der Waals surface area contributed by atoms with Crippen molar-refractivity contribution in [2.75, 3.05) is 0 Å². The summed E-state index contributed by atoms with van der Waals surface area (Å²) in [5, 5.41) is 0. The molecule has 0 saturated carbocycles. The van der Waals surface area contributed by atoms with E-state index < -0.39 is 0 Å². The third-order valence-corrected chi connectivity index (χ3v) is 4.23. The minimum absolute atomic E-state index is 0.0874. The van der Waals surface area contributed by atoms with Crippen LogP contribution < -0.4 is 5.73 Å². The van der Waals surface area contributed by atoms with Gasteiger partial charge in [-0.3, -0.25) is 0 Å². The maximum atomic E-state index is 6.49. The van der Waals surface area contributed by atoms with Crippen LogP contribution in [-0.2, 0) is 0 Å². The monoisotopic (exact) mass is 317 g/mol. The Morgan fingerprint density at radius 1 is 0.895 bits per heavy atom. The predicted molar refractivity (Wildman–Crippen MR) is 85.6 cm³/mol. The number of aryl methyl sites for hydroxylation is 4. The van der Waals surface area contributed by atoms with Crippen LogP contribution in [0.25, 0.3) is 0 Å². The van der Waals surface area contributed by atoms with Crippen molar-refractivity contribution in [2.24, 2.45) is 5.73 Å². The minimum atomic E-state index is -0.0874. The lowest BCUT2D eigenvalue weighted by Crippen LogP contribution is -2.15. The van der Waals surface area contributed by atoms with E-state index in [2.05, 4.69) is 74.0 Å². The molecule has 0 aromatic heterocycles. The van der Waals surface area contributed by atoms with Gasteiger partial charge in [0.25, 0.3) is 0 Å². The van der Waals surface area contributed by atoms with Crippen LogP contribution in [0.15, 0.2) is 34.8 Å². The third-order valence-electron chi connectivity index (χ3n) is 3.54. The van der Waals surface area contributed by atoms with Crippen molar-refractivity contribution in [1.82, 2.24) is 0 Å². The molecule has 0 fully saturated rings. The Balaban J connectivity index is 2.53. The Labute approximate surface area is 124 Å². The van der Waals surface area contributed by atoms with E-state index in [0.717, 1.165) is 10.0 Å². The van der Waals surface area contributed by atoms with E-state index in [4.69, 9.17) is 5.73 Å². The summed E-state index contributed by atoms with van der Waals surface area (Å²) in [6.45, 7) is 8.48. The van der Waals surface area contributed by atoms with Gasteiger partial charge in [-0.25, -0.2) is 0 Å². The average Bonchev–Trinajstić information content (AvgIpc) is 2.26. The van der Waals surface area contributed by atoms with Crippen LogP contribution in [0.3, 0.4) is 0 Å². The van der Waals surface area contributed by atoms with E-state index in [0.29, 0.717) is 0 Å². The van der Waals surface area contributed by atoms with Gasteiger partial charge in [-0.05, 0) is 61.6 Å². The highest BCUT2D eigenvalue weighted by molar-refractivity contribution is 9.10. The van der Waals surface area contributed by atoms with Crippen molar-refractivity contribution in [2.45, 2.75) is 33.7 Å². The molecule has 2 heteroatoms. The van der Waals surface area contributed by atoms with Crippen molar-refractivity contribution in [1.29, 1.82) is 0 Å². The molecule has 0 aliphatic carbocycles. The topological polar surface area (TPSA) is 26.0 Å². The number of halogens is 1. The maximum Gasteiger partial charge on any atom is 0.0568 e. The Morgan fingerprint density at radius 2 is 1.47 bits per heavy atom. The molecule has 0 aliphatic heterocycles. The number of benzene rings is 2. The lowest BCUT2D eigenvalue weighted by Gasteiger charge is -2.20. The Morgan fingerprint density at radius 3 is 2.00 bits per heavy atom. The summed E-state index contributed by atoms with van der Waals surface area (Å²) in [4.78, 5) is 0. The molecule has 2 aromatic rings. The number of nitrogens with two attached hydrogens (primary N) is 1. The number of hydrogen-bond donors (Lipinski definition) is 1. The van der Waals surface area contributed by atoms with E-state index >= 15 is 0 Å². The second-order valence-corrected chi connectivity index (χ2v) is 6.17. The molecule has 2 rings (SSSR count). The van der Waals surface area contributed by atoms with Crippen LogP contribution in [0.4, 0.5) is 0 Å². The Bertz CT molecular complexity index is 594. The molecule has 1 atom stereocenters. The molecule has 1 unspecified atom stereocenters. The highest BCUT2D eigenvalue weighted by Crippen LogP contribution is 2.31. The second kappa shape index (κ2) is 5.48. The van der Waals surface area contributed by atoms with Gasteiger partial charge in [-0.15, -0.1) is 0 Å². The van der Waals surface area contributed by atoms with Gasteiger partial charge in [-0.2, -0.15) is 0 Å². The standard InChI is InChI=1S/C17H20BrN/c1-10-5-6-14(15(18)9-10)17(19)16-12(3)7-11(2)8-13(16)4/h5-9,17H,19H2,1-4H3. The largest absolute Gasteiger partial charge is 0.320 e. The summed E-state index contributed by atoms with van der Waals surface area (Å²) in [5.74, 6) is 0. The van der Waals surface area contributed by atoms with Gasteiger partial charge in [-0.1, -0.05) is 45.8 Å². The molecule has 0 saturated heterocycles. The first-order chi connectivity index (χ1) is 8.90. The average molecular weight is 318 g/mol. The second-order valence-electron chi connectivity index (χ2n) is 5.32. The zero-order valence-electron chi connectivity index (χ0n) is 11.9.